The number of rotatable bonds is 6. The highest BCUT2D eigenvalue weighted by atomic mass is 32.2. The molecule has 1 amide bonds. The van der Waals surface area contributed by atoms with Crippen LogP contribution in [0.1, 0.15) is 19.5 Å². The van der Waals surface area contributed by atoms with Crippen molar-refractivity contribution in [2.75, 3.05) is 5.32 Å². The summed E-state index contributed by atoms with van der Waals surface area (Å²) in [6, 6.07) is 3.79. The van der Waals surface area contributed by atoms with Crippen molar-refractivity contribution >= 4 is 34.1 Å². The Morgan fingerprint density at radius 1 is 1.36 bits per heavy atom. The number of nitrogens with zero attached hydrogens (tertiary/aromatic N) is 5. The SMILES string of the molecule is CCn1c(S[C@H](C)C(=O)Nc2nc(C)cs2)nnc1-c1ccncc1. The third-order valence-electron chi connectivity index (χ3n) is 3.47. The van der Waals surface area contributed by atoms with E-state index in [1.54, 1.807) is 12.4 Å². The molecule has 0 fully saturated rings. The fourth-order valence-corrected chi connectivity index (χ4v) is 3.81. The van der Waals surface area contributed by atoms with Crippen LogP contribution in [0, 0.1) is 6.92 Å². The fraction of sp³-hybridized carbons (Fsp3) is 0.312. The Kier molecular flexibility index (Phi) is 5.44. The van der Waals surface area contributed by atoms with Gasteiger partial charge in [0.2, 0.25) is 5.91 Å². The zero-order valence-electron chi connectivity index (χ0n) is 14.1. The van der Waals surface area contributed by atoms with Gasteiger partial charge < -0.3 is 9.88 Å². The molecular weight excluding hydrogens is 356 g/mol. The molecule has 3 aromatic heterocycles. The van der Waals surface area contributed by atoms with Crippen LogP contribution in [0.5, 0.6) is 0 Å². The summed E-state index contributed by atoms with van der Waals surface area (Å²) in [5, 5.41) is 14.3. The van der Waals surface area contributed by atoms with E-state index < -0.39 is 0 Å². The second kappa shape index (κ2) is 7.75. The molecule has 0 radical (unpaired) electrons. The highest BCUT2D eigenvalue weighted by Crippen LogP contribution is 2.27. The average molecular weight is 374 g/mol. The molecular formula is C16H18N6OS2. The van der Waals surface area contributed by atoms with Crippen molar-refractivity contribution < 1.29 is 4.79 Å². The summed E-state index contributed by atoms with van der Waals surface area (Å²) in [5.41, 5.74) is 1.85. The number of pyridine rings is 1. The summed E-state index contributed by atoms with van der Waals surface area (Å²) in [6.45, 7) is 6.49. The number of hydrogen-bond donors (Lipinski definition) is 1. The van der Waals surface area contributed by atoms with E-state index in [9.17, 15) is 4.79 Å². The van der Waals surface area contributed by atoms with E-state index in [1.165, 1.54) is 23.1 Å². The van der Waals surface area contributed by atoms with Crippen LogP contribution in [-0.4, -0.2) is 35.9 Å². The third-order valence-corrected chi connectivity index (χ3v) is 5.43. The van der Waals surface area contributed by atoms with Crippen molar-refractivity contribution in [3.8, 4) is 11.4 Å². The van der Waals surface area contributed by atoms with Crippen LogP contribution in [0.3, 0.4) is 0 Å². The second-order valence-corrected chi connectivity index (χ2v) is 7.50. The lowest BCUT2D eigenvalue weighted by atomic mass is 10.2. The van der Waals surface area contributed by atoms with E-state index in [0.29, 0.717) is 16.8 Å². The normalized spacial score (nSPS) is 12.1. The molecule has 0 aliphatic carbocycles. The Morgan fingerprint density at radius 3 is 2.76 bits per heavy atom. The Labute approximate surface area is 153 Å². The van der Waals surface area contributed by atoms with Crippen LogP contribution in [0.2, 0.25) is 0 Å². The van der Waals surface area contributed by atoms with Gasteiger partial charge in [-0.3, -0.25) is 9.78 Å². The van der Waals surface area contributed by atoms with Gasteiger partial charge in [-0.15, -0.1) is 21.5 Å². The first-order chi connectivity index (χ1) is 12.1. The molecule has 3 heterocycles. The van der Waals surface area contributed by atoms with Crippen LogP contribution in [0.25, 0.3) is 11.4 Å². The molecule has 25 heavy (non-hydrogen) atoms. The number of aryl methyl sites for hydroxylation is 1. The van der Waals surface area contributed by atoms with Gasteiger partial charge >= 0.3 is 0 Å². The minimum Gasteiger partial charge on any atom is -0.302 e. The number of aromatic nitrogens is 5. The van der Waals surface area contributed by atoms with Gasteiger partial charge in [-0.05, 0) is 32.9 Å². The molecule has 3 aromatic rings. The molecule has 0 saturated heterocycles. The Balaban J connectivity index is 1.74. The molecule has 0 saturated carbocycles. The van der Waals surface area contributed by atoms with Gasteiger partial charge in [0, 0.05) is 29.9 Å². The molecule has 7 nitrogen and oxygen atoms in total. The highest BCUT2D eigenvalue weighted by molar-refractivity contribution is 8.00. The first kappa shape index (κ1) is 17.6. The Morgan fingerprint density at radius 2 is 2.12 bits per heavy atom. The van der Waals surface area contributed by atoms with Crippen molar-refractivity contribution in [3.05, 3.63) is 35.6 Å². The average Bonchev–Trinajstić information content (AvgIpc) is 3.21. The summed E-state index contributed by atoms with van der Waals surface area (Å²) in [5.74, 6) is 0.672. The molecule has 0 aromatic carbocycles. The molecule has 0 unspecified atom stereocenters. The summed E-state index contributed by atoms with van der Waals surface area (Å²) in [7, 11) is 0. The van der Waals surface area contributed by atoms with Gasteiger partial charge in [0.1, 0.15) is 0 Å². The summed E-state index contributed by atoms with van der Waals surface area (Å²) in [4.78, 5) is 20.7. The molecule has 0 aliphatic rings. The number of thioether (sulfide) groups is 1. The van der Waals surface area contributed by atoms with Gasteiger partial charge in [0.05, 0.1) is 10.9 Å². The number of hydrogen-bond acceptors (Lipinski definition) is 7. The smallest absolute Gasteiger partial charge is 0.239 e. The van der Waals surface area contributed by atoms with Crippen LogP contribution >= 0.6 is 23.1 Å². The van der Waals surface area contributed by atoms with E-state index in [4.69, 9.17) is 0 Å². The van der Waals surface area contributed by atoms with Gasteiger partial charge in [-0.2, -0.15) is 0 Å². The molecule has 1 N–H and O–H groups in total. The summed E-state index contributed by atoms with van der Waals surface area (Å²) in [6.07, 6.45) is 3.45. The zero-order chi connectivity index (χ0) is 17.8. The minimum absolute atomic E-state index is 0.101. The predicted octanol–water partition coefficient (Wildman–Crippen LogP) is 3.24. The minimum atomic E-state index is -0.316. The molecule has 130 valence electrons. The second-order valence-electron chi connectivity index (χ2n) is 5.33. The van der Waals surface area contributed by atoms with Crippen LogP contribution in [0.15, 0.2) is 35.1 Å². The summed E-state index contributed by atoms with van der Waals surface area (Å²) >= 11 is 2.80. The van der Waals surface area contributed by atoms with E-state index in [2.05, 4.69) is 25.5 Å². The number of amides is 1. The monoisotopic (exact) mass is 374 g/mol. The molecule has 0 spiro atoms. The van der Waals surface area contributed by atoms with E-state index >= 15 is 0 Å². The van der Waals surface area contributed by atoms with Crippen molar-refractivity contribution in [1.29, 1.82) is 0 Å². The molecule has 0 aliphatic heterocycles. The zero-order valence-corrected chi connectivity index (χ0v) is 15.8. The number of thiazole rings is 1. The first-order valence-corrected chi connectivity index (χ1v) is 9.57. The maximum Gasteiger partial charge on any atom is 0.239 e. The lowest BCUT2D eigenvalue weighted by Crippen LogP contribution is -2.22. The maximum atomic E-state index is 12.4. The lowest BCUT2D eigenvalue weighted by Gasteiger charge is -2.11. The van der Waals surface area contributed by atoms with Crippen LogP contribution in [-0.2, 0) is 11.3 Å². The van der Waals surface area contributed by atoms with E-state index in [1.807, 2.05) is 42.9 Å². The van der Waals surface area contributed by atoms with Crippen LogP contribution in [0.4, 0.5) is 5.13 Å². The van der Waals surface area contributed by atoms with Gasteiger partial charge in [0.15, 0.2) is 16.1 Å². The van der Waals surface area contributed by atoms with Crippen molar-refractivity contribution in [1.82, 2.24) is 24.7 Å². The van der Waals surface area contributed by atoms with Gasteiger partial charge in [-0.25, -0.2) is 4.98 Å². The highest BCUT2D eigenvalue weighted by Gasteiger charge is 2.21. The van der Waals surface area contributed by atoms with Crippen molar-refractivity contribution in [2.45, 2.75) is 37.7 Å². The standard InChI is InChI=1S/C16H18N6OS2/c1-4-22-13(12-5-7-17-8-6-12)20-21-16(22)25-11(3)14(23)19-15-18-10(2)9-24-15/h5-9,11H,4H2,1-3H3,(H,18,19,23)/t11-/m1/s1. The largest absolute Gasteiger partial charge is 0.302 e. The van der Waals surface area contributed by atoms with Gasteiger partial charge in [0.25, 0.3) is 0 Å². The first-order valence-electron chi connectivity index (χ1n) is 7.81. The van der Waals surface area contributed by atoms with Crippen molar-refractivity contribution in [3.63, 3.8) is 0 Å². The predicted molar refractivity (Wildman–Crippen MR) is 99.7 cm³/mol. The number of carbonyl (C=O) groups excluding carboxylic acids is 1. The fourth-order valence-electron chi connectivity index (χ4n) is 2.21. The number of carbonyl (C=O) groups is 1. The van der Waals surface area contributed by atoms with Gasteiger partial charge in [-0.1, -0.05) is 11.8 Å². The Hall–Kier alpha value is -2.26. The van der Waals surface area contributed by atoms with E-state index in [-0.39, 0.29) is 11.2 Å². The molecule has 1 atom stereocenters. The molecule has 0 bridgehead atoms. The number of anilines is 1. The lowest BCUT2D eigenvalue weighted by molar-refractivity contribution is -0.115. The molecule has 3 rings (SSSR count). The third kappa shape index (κ3) is 4.05. The van der Waals surface area contributed by atoms with E-state index in [0.717, 1.165) is 17.1 Å². The number of nitrogens with one attached hydrogen (secondary N) is 1. The Bertz CT molecular complexity index is 861. The van der Waals surface area contributed by atoms with Crippen LogP contribution < -0.4 is 5.32 Å². The quantitative estimate of drug-likeness (QED) is 0.667. The topological polar surface area (TPSA) is 85.6 Å². The van der Waals surface area contributed by atoms with Crippen molar-refractivity contribution in [2.24, 2.45) is 0 Å². The maximum absolute atomic E-state index is 12.4. The summed E-state index contributed by atoms with van der Waals surface area (Å²) < 4.78 is 2.00. The molecule has 9 heteroatoms.